The van der Waals surface area contributed by atoms with Crippen LogP contribution < -0.4 is 4.74 Å². The lowest BCUT2D eigenvalue weighted by Gasteiger charge is -2.31. The van der Waals surface area contributed by atoms with E-state index in [1.165, 1.54) is 18.0 Å². The number of rotatable bonds is 0. The number of morpholine rings is 1. The molecule has 0 bridgehead atoms. The third kappa shape index (κ3) is 3.25. The lowest BCUT2D eigenvalue weighted by Crippen LogP contribution is -2.48. The van der Waals surface area contributed by atoms with Crippen LogP contribution in [-0.4, -0.2) is 85.2 Å². The van der Waals surface area contributed by atoms with Crippen molar-refractivity contribution < 1.29 is 32.2 Å². The fourth-order valence-corrected chi connectivity index (χ4v) is 3.84. The Hall–Kier alpha value is -2.49. The van der Waals surface area contributed by atoms with E-state index in [-0.39, 0.29) is 30.4 Å². The first kappa shape index (κ1) is 18.9. The molecule has 0 N–H and O–H groups in total. The van der Waals surface area contributed by atoms with E-state index in [1.807, 2.05) is 0 Å². The number of carbonyl (C=O) groups excluding carboxylic acids is 2. The molecule has 0 saturated carbocycles. The van der Waals surface area contributed by atoms with E-state index in [2.05, 4.69) is 0 Å². The minimum atomic E-state index is -4.54. The lowest BCUT2D eigenvalue weighted by atomic mass is 10.1. The van der Waals surface area contributed by atoms with Crippen molar-refractivity contribution in [2.45, 2.75) is 18.3 Å². The highest BCUT2D eigenvalue weighted by atomic mass is 19.4. The Balaban J connectivity index is 1.57. The van der Waals surface area contributed by atoms with Crippen LogP contribution in [0.1, 0.15) is 15.9 Å². The first-order valence-corrected chi connectivity index (χ1v) is 9.02. The number of amides is 3. The molecule has 1 aromatic carbocycles. The number of fused-ring (bicyclic) bond motifs is 2. The third-order valence-corrected chi connectivity index (χ3v) is 5.42. The van der Waals surface area contributed by atoms with Crippen molar-refractivity contribution in [1.82, 2.24) is 14.7 Å². The summed E-state index contributed by atoms with van der Waals surface area (Å²) in [4.78, 5) is 30.2. The van der Waals surface area contributed by atoms with Crippen molar-refractivity contribution >= 4 is 11.9 Å². The SMILES string of the molecule is CN1C(=O)c2cc(C(F)(F)F)ccc2O[C@H]2CN(C(=O)N3CCOCC3)C[C@H]21. The van der Waals surface area contributed by atoms with Gasteiger partial charge in [-0.05, 0) is 18.2 Å². The van der Waals surface area contributed by atoms with Gasteiger partial charge < -0.3 is 24.2 Å². The van der Waals surface area contributed by atoms with Gasteiger partial charge in [0.1, 0.15) is 11.9 Å². The topological polar surface area (TPSA) is 62.3 Å². The number of nitrogens with zero attached hydrogens (tertiary/aromatic N) is 3. The number of hydrogen-bond donors (Lipinski definition) is 0. The van der Waals surface area contributed by atoms with E-state index >= 15 is 0 Å². The molecule has 2 fully saturated rings. The molecule has 0 spiro atoms. The smallest absolute Gasteiger partial charge is 0.416 e. The number of hydrogen-bond acceptors (Lipinski definition) is 4. The van der Waals surface area contributed by atoms with E-state index in [0.717, 1.165) is 12.1 Å². The predicted molar refractivity (Wildman–Crippen MR) is 91.1 cm³/mol. The molecule has 3 amide bonds. The first-order valence-electron chi connectivity index (χ1n) is 9.02. The summed E-state index contributed by atoms with van der Waals surface area (Å²) in [5.41, 5.74) is -1.01. The van der Waals surface area contributed by atoms with Gasteiger partial charge in [0.25, 0.3) is 5.91 Å². The van der Waals surface area contributed by atoms with E-state index in [4.69, 9.17) is 9.47 Å². The molecule has 28 heavy (non-hydrogen) atoms. The van der Waals surface area contributed by atoms with Crippen molar-refractivity contribution in [1.29, 1.82) is 0 Å². The summed E-state index contributed by atoms with van der Waals surface area (Å²) in [6, 6.07) is 2.33. The highest BCUT2D eigenvalue weighted by molar-refractivity contribution is 5.97. The Morgan fingerprint density at radius 2 is 1.86 bits per heavy atom. The highest BCUT2D eigenvalue weighted by Gasteiger charge is 2.45. The number of likely N-dealkylation sites (tertiary alicyclic amines) is 1. The molecule has 0 radical (unpaired) electrons. The number of ether oxygens (including phenoxy) is 2. The van der Waals surface area contributed by atoms with E-state index in [9.17, 15) is 22.8 Å². The summed E-state index contributed by atoms with van der Waals surface area (Å²) < 4.78 is 50.2. The summed E-state index contributed by atoms with van der Waals surface area (Å²) in [7, 11) is 1.53. The minimum Gasteiger partial charge on any atom is -0.486 e. The second-order valence-corrected chi connectivity index (χ2v) is 7.14. The second-order valence-electron chi connectivity index (χ2n) is 7.14. The van der Waals surface area contributed by atoms with Crippen LogP contribution in [-0.2, 0) is 10.9 Å². The zero-order valence-electron chi connectivity index (χ0n) is 15.2. The van der Waals surface area contributed by atoms with Crippen LogP contribution in [0.15, 0.2) is 18.2 Å². The Morgan fingerprint density at radius 3 is 2.54 bits per heavy atom. The van der Waals surface area contributed by atoms with Crippen molar-refractivity contribution in [3.63, 3.8) is 0 Å². The molecule has 1 aromatic rings. The summed E-state index contributed by atoms with van der Waals surface area (Å²) in [6.45, 7) is 2.50. The van der Waals surface area contributed by atoms with Crippen LogP contribution in [0.3, 0.4) is 0 Å². The molecule has 152 valence electrons. The van der Waals surface area contributed by atoms with E-state index < -0.39 is 29.8 Å². The molecule has 2 atom stereocenters. The van der Waals surface area contributed by atoms with Crippen molar-refractivity contribution in [2.75, 3.05) is 46.4 Å². The van der Waals surface area contributed by atoms with Gasteiger partial charge in [-0.3, -0.25) is 4.79 Å². The normalized spacial score (nSPS) is 25.1. The second kappa shape index (κ2) is 6.84. The Kier molecular flexibility index (Phi) is 4.60. The van der Waals surface area contributed by atoms with Crippen LogP contribution >= 0.6 is 0 Å². The molecule has 3 aliphatic heterocycles. The van der Waals surface area contributed by atoms with Crippen LogP contribution in [0.2, 0.25) is 0 Å². The number of halogens is 3. The van der Waals surface area contributed by atoms with Gasteiger partial charge in [-0.2, -0.15) is 13.2 Å². The maximum Gasteiger partial charge on any atom is 0.416 e. The number of carbonyl (C=O) groups is 2. The van der Waals surface area contributed by atoms with Crippen LogP contribution in [0.4, 0.5) is 18.0 Å². The summed E-state index contributed by atoms with van der Waals surface area (Å²) >= 11 is 0. The summed E-state index contributed by atoms with van der Waals surface area (Å²) in [6.07, 6.45) is -5.05. The highest BCUT2D eigenvalue weighted by Crippen LogP contribution is 2.36. The Labute approximate surface area is 159 Å². The molecule has 3 heterocycles. The quantitative estimate of drug-likeness (QED) is 0.666. The molecular formula is C18H20F3N3O4. The Bertz CT molecular complexity index is 795. The van der Waals surface area contributed by atoms with Crippen LogP contribution in [0.5, 0.6) is 5.75 Å². The van der Waals surface area contributed by atoms with Crippen LogP contribution in [0.25, 0.3) is 0 Å². The van der Waals surface area contributed by atoms with Gasteiger partial charge in [-0.1, -0.05) is 0 Å². The van der Waals surface area contributed by atoms with Gasteiger partial charge in [-0.15, -0.1) is 0 Å². The Morgan fingerprint density at radius 1 is 1.14 bits per heavy atom. The van der Waals surface area contributed by atoms with Crippen molar-refractivity contribution in [3.8, 4) is 5.75 Å². The van der Waals surface area contributed by atoms with E-state index in [1.54, 1.807) is 9.80 Å². The number of alkyl halides is 3. The fourth-order valence-electron chi connectivity index (χ4n) is 3.84. The zero-order chi connectivity index (χ0) is 20.1. The molecule has 3 aliphatic rings. The average molecular weight is 399 g/mol. The fraction of sp³-hybridized carbons (Fsp3) is 0.556. The molecule has 4 rings (SSSR count). The predicted octanol–water partition coefficient (Wildman–Crippen LogP) is 1.67. The van der Waals surface area contributed by atoms with Gasteiger partial charge in [0.15, 0.2) is 0 Å². The zero-order valence-corrected chi connectivity index (χ0v) is 15.2. The van der Waals surface area contributed by atoms with E-state index in [0.29, 0.717) is 26.3 Å². The lowest BCUT2D eigenvalue weighted by molar-refractivity contribution is -0.137. The molecule has 0 aliphatic carbocycles. The minimum absolute atomic E-state index is 0.109. The molecule has 7 nitrogen and oxygen atoms in total. The average Bonchev–Trinajstić information content (AvgIpc) is 3.06. The van der Waals surface area contributed by atoms with Gasteiger partial charge in [-0.25, -0.2) is 4.79 Å². The van der Waals surface area contributed by atoms with Crippen molar-refractivity contribution in [2.24, 2.45) is 0 Å². The van der Waals surface area contributed by atoms with Gasteiger partial charge in [0.05, 0.1) is 36.9 Å². The monoisotopic (exact) mass is 399 g/mol. The standard InChI is InChI=1S/C18H20F3N3O4/c1-22-13-9-24(17(26)23-4-6-27-7-5-23)10-15(13)28-14-3-2-11(18(19,20)21)8-12(14)16(22)25/h2-3,8,13,15H,4-7,9-10H2,1H3/t13-,15+/m1/s1. The number of urea groups is 1. The van der Waals surface area contributed by atoms with Crippen LogP contribution in [0, 0.1) is 0 Å². The maximum atomic E-state index is 13.0. The van der Waals surface area contributed by atoms with Gasteiger partial charge in [0.2, 0.25) is 0 Å². The summed E-state index contributed by atoms with van der Waals surface area (Å²) in [5.74, 6) is -0.438. The van der Waals surface area contributed by atoms with Gasteiger partial charge >= 0.3 is 12.2 Å². The number of benzene rings is 1. The molecule has 0 unspecified atom stereocenters. The first-order chi connectivity index (χ1) is 13.3. The molecule has 0 aromatic heterocycles. The molecular weight excluding hydrogens is 379 g/mol. The maximum absolute atomic E-state index is 13.0. The number of likely N-dealkylation sites (N-methyl/N-ethyl adjacent to an activating group) is 1. The van der Waals surface area contributed by atoms with Crippen molar-refractivity contribution in [3.05, 3.63) is 29.3 Å². The largest absolute Gasteiger partial charge is 0.486 e. The molecule has 10 heteroatoms. The molecule has 2 saturated heterocycles. The third-order valence-electron chi connectivity index (χ3n) is 5.42. The van der Waals surface area contributed by atoms with Gasteiger partial charge in [0, 0.05) is 26.7 Å². The summed E-state index contributed by atoms with van der Waals surface area (Å²) in [5, 5.41) is 0.